The molecule has 3 aromatic rings. The summed E-state index contributed by atoms with van der Waals surface area (Å²) in [6, 6.07) is 16.5. The number of hydrogen-bond donors (Lipinski definition) is 2. The lowest BCUT2D eigenvalue weighted by Crippen LogP contribution is -2.21. The van der Waals surface area contributed by atoms with Gasteiger partial charge in [0.15, 0.2) is 0 Å². The maximum Gasteiger partial charge on any atom is 0.137 e. The summed E-state index contributed by atoms with van der Waals surface area (Å²) in [5.41, 5.74) is 13.5. The van der Waals surface area contributed by atoms with Crippen molar-refractivity contribution >= 4 is 27.6 Å². The summed E-state index contributed by atoms with van der Waals surface area (Å²) in [6.45, 7) is 0. The fourth-order valence-electron chi connectivity index (χ4n) is 3.21. The van der Waals surface area contributed by atoms with Gasteiger partial charge >= 0.3 is 0 Å². The normalized spacial score (nSPS) is 13.7. The molecule has 27 heavy (non-hydrogen) atoms. The van der Waals surface area contributed by atoms with Crippen LogP contribution in [0.25, 0.3) is 11.8 Å². The molecule has 0 aromatic heterocycles. The first-order valence-electron chi connectivity index (χ1n) is 8.08. The smallest absolute Gasteiger partial charge is 0.137 e. The van der Waals surface area contributed by atoms with E-state index in [9.17, 15) is 13.0 Å². The highest BCUT2D eigenvalue weighted by Crippen LogP contribution is 2.38. The van der Waals surface area contributed by atoms with Gasteiger partial charge in [0.2, 0.25) is 0 Å². The fraction of sp³-hybridized carbons (Fsp3) is 0. The van der Waals surface area contributed by atoms with Crippen molar-refractivity contribution in [3.05, 3.63) is 82.2 Å². The highest BCUT2D eigenvalue weighted by Gasteiger charge is 2.23. The van der Waals surface area contributed by atoms with Crippen LogP contribution in [0.5, 0.6) is 11.5 Å². The molecule has 0 bridgehead atoms. The molecule has 0 unspecified atom stereocenters. The topological polar surface area (TPSA) is 118 Å². The third-order valence-electron chi connectivity index (χ3n) is 4.39. The van der Waals surface area contributed by atoms with Gasteiger partial charge in [-0.25, -0.2) is 8.42 Å². The molecule has 1 aliphatic heterocycles. The first kappa shape index (κ1) is 17.1. The zero-order valence-electron chi connectivity index (χ0n) is 14.0. The molecular formula is C20H15N2O4S-. The summed E-state index contributed by atoms with van der Waals surface area (Å²) in [4.78, 5) is -0.287. The van der Waals surface area contributed by atoms with E-state index in [1.54, 1.807) is 48.5 Å². The van der Waals surface area contributed by atoms with Crippen molar-refractivity contribution in [2.45, 2.75) is 4.90 Å². The minimum atomic E-state index is -4.67. The van der Waals surface area contributed by atoms with Crippen LogP contribution in [0, 0.1) is 0 Å². The van der Waals surface area contributed by atoms with E-state index < -0.39 is 10.1 Å². The Morgan fingerprint density at radius 1 is 0.926 bits per heavy atom. The molecule has 136 valence electrons. The summed E-state index contributed by atoms with van der Waals surface area (Å²) < 4.78 is 41.5. The number of ether oxygens (including phenoxy) is 1. The first-order chi connectivity index (χ1) is 12.9. The van der Waals surface area contributed by atoms with Crippen molar-refractivity contribution in [1.82, 2.24) is 0 Å². The van der Waals surface area contributed by atoms with Crippen LogP contribution in [0.3, 0.4) is 0 Å². The summed E-state index contributed by atoms with van der Waals surface area (Å²) in [5.74, 6) is 0.977. The van der Waals surface area contributed by atoms with Crippen LogP contribution in [0.15, 0.2) is 65.6 Å². The Morgan fingerprint density at radius 3 is 2.44 bits per heavy atom. The number of nitrogens with two attached hydrogens (primary N) is 2. The average Bonchev–Trinajstić information content (AvgIpc) is 2.64. The van der Waals surface area contributed by atoms with Gasteiger partial charge in [-0.3, -0.25) is 0 Å². The van der Waals surface area contributed by atoms with Gasteiger partial charge in [0, 0.05) is 39.9 Å². The molecule has 1 aliphatic rings. The van der Waals surface area contributed by atoms with Crippen LogP contribution in [-0.2, 0) is 10.1 Å². The highest BCUT2D eigenvalue weighted by molar-refractivity contribution is 7.85. The van der Waals surface area contributed by atoms with Crippen LogP contribution in [0.4, 0.5) is 5.69 Å². The molecule has 3 aromatic carbocycles. The van der Waals surface area contributed by atoms with Crippen molar-refractivity contribution in [1.29, 1.82) is 0 Å². The molecule has 0 amide bonds. The van der Waals surface area contributed by atoms with E-state index in [4.69, 9.17) is 16.2 Å². The van der Waals surface area contributed by atoms with Gasteiger partial charge in [0.1, 0.15) is 21.6 Å². The van der Waals surface area contributed by atoms with Gasteiger partial charge in [-0.05, 0) is 35.6 Å². The maximum atomic E-state index is 11.8. The van der Waals surface area contributed by atoms with Crippen LogP contribution in [-0.4, -0.2) is 13.0 Å². The minimum absolute atomic E-state index is 0.287. The van der Waals surface area contributed by atoms with E-state index in [2.05, 4.69) is 0 Å². The quantitative estimate of drug-likeness (QED) is 0.399. The second-order valence-corrected chi connectivity index (χ2v) is 7.45. The number of rotatable bonds is 2. The van der Waals surface area contributed by atoms with E-state index in [1.807, 2.05) is 0 Å². The minimum Gasteiger partial charge on any atom is -0.744 e. The van der Waals surface area contributed by atoms with Crippen molar-refractivity contribution in [2.24, 2.45) is 5.73 Å². The SMILES string of the molecule is N/C=c1\ccc2c(c1)Oc1cc(N)ccc1C=2c1ccccc1S(=O)(=O)[O-]. The molecular weight excluding hydrogens is 364 g/mol. The van der Waals surface area contributed by atoms with E-state index in [1.165, 1.54) is 18.3 Å². The zero-order chi connectivity index (χ0) is 19.2. The van der Waals surface area contributed by atoms with E-state index in [0.29, 0.717) is 39.1 Å². The predicted octanol–water partition coefficient (Wildman–Crippen LogP) is 1.22. The zero-order valence-corrected chi connectivity index (χ0v) is 14.9. The number of benzene rings is 3. The van der Waals surface area contributed by atoms with Crippen molar-refractivity contribution in [3.63, 3.8) is 0 Å². The van der Waals surface area contributed by atoms with E-state index >= 15 is 0 Å². The molecule has 0 spiro atoms. The van der Waals surface area contributed by atoms with E-state index in [0.717, 1.165) is 5.22 Å². The van der Waals surface area contributed by atoms with Crippen LogP contribution < -0.4 is 26.6 Å². The van der Waals surface area contributed by atoms with Crippen LogP contribution >= 0.6 is 0 Å². The molecule has 4 rings (SSSR count). The standard InChI is InChI=1S/C20H16N2O4S/c21-11-12-5-7-14-17(9-12)26-18-10-13(22)6-8-15(18)20(14)16-3-1-2-4-19(16)27(23,24)25/h1-11H,21-22H2,(H,23,24,25)/p-1/b12-11+. The maximum absolute atomic E-state index is 11.8. The molecule has 0 saturated heterocycles. The third-order valence-corrected chi connectivity index (χ3v) is 5.28. The Balaban J connectivity index is 2.18. The van der Waals surface area contributed by atoms with E-state index in [-0.39, 0.29) is 4.90 Å². The van der Waals surface area contributed by atoms with Gasteiger partial charge in [0.05, 0.1) is 4.90 Å². The Labute approximate surface area is 155 Å². The summed E-state index contributed by atoms with van der Waals surface area (Å²) in [6.07, 6.45) is 1.44. The number of anilines is 1. The molecule has 4 N–H and O–H groups in total. The predicted molar refractivity (Wildman–Crippen MR) is 101 cm³/mol. The van der Waals surface area contributed by atoms with Crippen molar-refractivity contribution in [3.8, 4) is 11.5 Å². The summed E-state index contributed by atoms with van der Waals surface area (Å²) >= 11 is 0. The third kappa shape index (κ3) is 2.92. The lowest BCUT2D eigenvalue weighted by molar-refractivity contribution is 0.462. The molecule has 0 saturated carbocycles. The van der Waals surface area contributed by atoms with Gasteiger partial charge in [-0.1, -0.05) is 24.3 Å². The van der Waals surface area contributed by atoms with Crippen LogP contribution in [0.2, 0.25) is 0 Å². The number of fused-ring (bicyclic) bond motifs is 2. The fourth-order valence-corrected chi connectivity index (χ4v) is 3.89. The largest absolute Gasteiger partial charge is 0.744 e. The molecule has 7 heteroatoms. The molecule has 0 radical (unpaired) electrons. The lowest BCUT2D eigenvalue weighted by atomic mass is 9.92. The molecule has 6 nitrogen and oxygen atoms in total. The Kier molecular flexibility index (Phi) is 3.91. The van der Waals surface area contributed by atoms with Crippen molar-refractivity contribution in [2.75, 3.05) is 5.73 Å². The second-order valence-electron chi connectivity index (χ2n) is 6.11. The van der Waals surface area contributed by atoms with Gasteiger partial charge < -0.3 is 20.8 Å². The Bertz CT molecular complexity index is 1300. The number of nitrogen functional groups attached to an aromatic ring is 1. The monoisotopic (exact) mass is 379 g/mol. The molecule has 0 aliphatic carbocycles. The number of hydrogen-bond acceptors (Lipinski definition) is 6. The first-order valence-corrected chi connectivity index (χ1v) is 9.48. The Morgan fingerprint density at radius 2 is 1.70 bits per heavy atom. The lowest BCUT2D eigenvalue weighted by Gasteiger charge is -2.23. The average molecular weight is 379 g/mol. The van der Waals surface area contributed by atoms with Crippen LogP contribution in [0.1, 0.15) is 11.1 Å². The van der Waals surface area contributed by atoms with Gasteiger partial charge in [0.25, 0.3) is 0 Å². The van der Waals surface area contributed by atoms with Crippen molar-refractivity contribution < 1.29 is 17.7 Å². The summed E-state index contributed by atoms with van der Waals surface area (Å²) in [7, 11) is -4.67. The van der Waals surface area contributed by atoms with Gasteiger partial charge in [-0.2, -0.15) is 0 Å². The highest BCUT2D eigenvalue weighted by atomic mass is 32.2. The van der Waals surface area contributed by atoms with Gasteiger partial charge in [-0.15, -0.1) is 0 Å². The molecule has 0 atom stereocenters. The second kappa shape index (κ2) is 6.15. The molecule has 1 heterocycles. The Hall–Kier alpha value is -3.29. The summed E-state index contributed by atoms with van der Waals surface area (Å²) in [5, 5.41) is 1.40. The molecule has 0 fully saturated rings.